The molecular formula is C15H14ClN3O2. The Morgan fingerprint density at radius 1 is 1.14 bits per heavy atom. The van der Waals surface area contributed by atoms with Crippen LogP contribution in [-0.4, -0.2) is 23.0 Å². The Morgan fingerprint density at radius 2 is 1.76 bits per heavy atom. The van der Waals surface area contributed by atoms with E-state index in [0.717, 1.165) is 25.9 Å². The predicted octanol–water partition coefficient (Wildman–Crippen LogP) is 3.25. The van der Waals surface area contributed by atoms with Crippen molar-refractivity contribution in [3.8, 4) is 0 Å². The van der Waals surface area contributed by atoms with E-state index in [1.165, 1.54) is 23.3 Å². The summed E-state index contributed by atoms with van der Waals surface area (Å²) in [5, 5.41) is 11.1. The number of fused-ring (bicyclic) bond motifs is 1. The van der Waals surface area contributed by atoms with E-state index in [1.807, 2.05) is 12.1 Å². The van der Waals surface area contributed by atoms with Crippen LogP contribution >= 0.6 is 11.6 Å². The molecule has 2 aromatic rings. The third-order valence-electron chi connectivity index (χ3n) is 3.72. The lowest BCUT2D eigenvalue weighted by molar-refractivity contribution is -0.384. The van der Waals surface area contributed by atoms with Crippen LogP contribution in [0.25, 0.3) is 0 Å². The van der Waals surface area contributed by atoms with Crippen molar-refractivity contribution < 1.29 is 4.92 Å². The zero-order valence-corrected chi connectivity index (χ0v) is 12.1. The van der Waals surface area contributed by atoms with E-state index in [4.69, 9.17) is 11.6 Å². The first-order valence-electron chi connectivity index (χ1n) is 6.77. The van der Waals surface area contributed by atoms with Crippen molar-refractivity contribution >= 4 is 23.1 Å². The van der Waals surface area contributed by atoms with Gasteiger partial charge in [0.1, 0.15) is 11.0 Å². The van der Waals surface area contributed by atoms with Crippen LogP contribution in [0.5, 0.6) is 0 Å². The highest BCUT2D eigenvalue weighted by molar-refractivity contribution is 6.29. The number of hydrogen-bond acceptors (Lipinski definition) is 4. The number of pyridine rings is 1. The van der Waals surface area contributed by atoms with Crippen molar-refractivity contribution in [1.29, 1.82) is 0 Å². The zero-order valence-electron chi connectivity index (χ0n) is 11.3. The Hall–Kier alpha value is -2.14. The van der Waals surface area contributed by atoms with Gasteiger partial charge in [0.15, 0.2) is 0 Å². The maximum absolute atomic E-state index is 10.9. The van der Waals surface area contributed by atoms with Gasteiger partial charge in [-0.05, 0) is 24.0 Å². The monoisotopic (exact) mass is 303 g/mol. The average Bonchev–Trinajstić information content (AvgIpc) is 2.69. The summed E-state index contributed by atoms with van der Waals surface area (Å²) >= 11 is 5.90. The molecule has 1 aromatic carbocycles. The molecule has 0 bridgehead atoms. The van der Waals surface area contributed by atoms with Crippen molar-refractivity contribution in [1.82, 2.24) is 4.98 Å². The molecule has 0 atom stereocenters. The highest BCUT2D eigenvalue weighted by Gasteiger charge is 2.18. The van der Waals surface area contributed by atoms with Gasteiger partial charge >= 0.3 is 0 Å². The van der Waals surface area contributed by atoms with Gasteiger partial charge in [-0.25, -0.2) is 4.98 Å². The van der Waals surface area contributed by atoms with E-state index in [2.05, 4.69) is 22.0 Å². The van der Waals surface area contributed by atoms with Crippen molar-refractivity contribution in [2.24, 2.45) is 0 Å². The Kier molecular flexibility index (Phi) is 3.75. The number of hydrogen-bond donors (Lipinski definition) is 0. The number of benzene rings is 1. The Labute approximate surface area is 127 Å². The van der Waals surface area contributed by atoms with Gasteiger partial charge in [-0.1, -0.05) is 35.9 Å². The van der Waals surface area contributed by atoms with E-state index >= 15 is 0 Å². The van der Waals surface area contributed by atoms with Crippen LogP contribution in [0.15, 0.2) is 36.4 Å². The van der Waals surface area contributed by atoms with Gasteiger partial charge in [-0.2, -0.15) is 0 Å². The molecule has 0 saturated carbocycles. The molecule has 0 amide bonds. The van der Waals surface area contributed by atoms with Crippen LogP contribution in [-0.2, 0) is 12.8 Å². The summed E-state index contributed by atoms with van der Waals surface area (Å²) in [6.07, 6.45) is 1.80. The summed E-state index contributed by atoms with van der Waals surface area (Å²) < 4.78 is 0. The van der Waals surface area contributed by atoms with Crippen molar-refractivity contribution in [3.05, 3.63) is 62.8 Å². The highest BCUT2D eigenvalue weighted by Crippen LogP contribution is 2.25. The molecule has 0 aliphatic carbocycles. The predicted molar refractivity (Wildman–Crippen MR) is 82.0 cm³/mol. The van der Waals surface area contributed by atoms with Gasteiger partial charge in [0, 0.05) is 13.1 Å². The molecule has 1 aromatic heterocycles. The van der Waals surface area contributed by atoms with E-state index in [1.54, 1.807) is 0 Å². The molecule has 108 valence electrons. The lowest BCUT2D eigenvalue weighted by Gasteiger charge is -2.21. The first-order chi connectivity index (χ1) is 10.1. The number of nitrogens with zero attached hydrogens (tertiary/aromatic N) is 3. The molecule has 3 rings (SSSR count). The lowest BCUT2D eigenvalue weighted by atomic mass is 10.0. The number of rotatable bonds is 2. The van der Waals surface area contributed by atoms with Gasteiger partial charge in [-0.15, -0.1) is 0 Å². The van der Waals surface area contributed by atoms with Gasteiger partial charge in [0.05, 0.1) is 17.1 Å². The van der Waals surface area contributed by atoms with Crippen molar-refractivity contribution in [2.45, 2.75) is 12.8 Å². The minimum atomic E-state index is -0.441. The first-order valence-corrected chi connectivity index (χ1v) is 7.15. The summed E-state index contributed by atoms with van der Waals surface area (Å²) in [5.74, 6) is 0.571. The molecule has 1 aliphatic heterocycles. The van der Waals surface area contributed by atoms with Gasteiger partial charge < -0.3 is 4.90 Å². The summed E-state index contributed by atoms with van der Waals surface area (Å²) in [6, 6.07) is 11.1. The normalized spacial score (nSPS) is 14.4. The second-order valence-electron chi connectivity index (χ2n) is 5.02. The summed E-state index contributed by atoms with van der Waals surface area (Å²) in [5.41, 5.74) is 2.64. The molecule has 0 radical (unpaired) electrons. The Morgan fingerprint density at radius 3 is 2.33 bits per heavy atom. The topological polar surface area (TPSA) is 59.3 Å². The fourth-order valence-corrected chi connectivity index (χ4v) is 2.83. The van der Waals surface area contributed by atoms with E-state index < -0.39 is 4.92 Å². The van der Waals surface area contributed by atoms with Crippen LogP contribution in [0.4, 0.5) is 11.5 Å². The maximum atomic E-state index is 10.9. The zero-order chi connectivity index (χ0) is 14.8. The van der Waals surface area contributed by atoms with Crippen LogP contribution in [0, 0.1) is 10.1 Å². The number of anilines is 1. The molecule has 1 aliphatic rings. The van der Waals surface area contributed by atoms with Crippen molar-refractivity contribution in [2.75, 3.05) is 18.0 Å². The number of nitro groups is 1. The van der Waals surface area contributed by atoms with Crippen LogP contribution in [0.1, 0.15) is 11.1 Å². The van der Waals surface area contributed by atoms with Gasteiger partial charge in [0.25, 0.3) is 5.69 Å². The smallest absolute Gasteiger partial charge is 0.276 e. The molecule has 5 nitrogen and oxygen atoms in total. The third kappa shape index (κ3) is 2.97. The number of aromatic nitrogens is 1. The van der Waals surface area contributed by atoms with E-state index in [9.17, 15) is 10.1 Å². The Balaban J connectivity index is 1.87. The average molecular weight is 304 g/mol. The second-order valence-corrected chi connectivity index (χ2v) is 5.41. The standard InChI is InChI=1S/C15H14ClN3O2/c16-14-9-13(19(20)21)10-15(17-14)18-7-5-11-3-1-2-4-12(11)6-8-18/h1-4,9-10H,5-8H2. The van der Waals surface area contributed by atoms with E-state index in [0.29, 0.717) is 5.82 Å². The number of halogens is 1. The van der Waals surface area contributed by atoms with Crippen LogP contribution in [0.2, 0.25) is 5.15 Å². The maximum Gasteiger partial charge on any atom is 0.276 e. The van der Waals surface area contributed by atoms with E-state index in [-0.39, 0.29) is 10.8 Å². The molecular weight excluding hydrogens is 290 g/mol. The molecule has 2 heterocycles. The Bertz CT molecular complexity index is 663. The summed E-state index contributed by atoms with van der Waals surface area (Å²) in [7, 11) is 0. The van der Waals surface area contributed by atoms with Crippen LogP contribution in [0.3, 0.4) is 0 Å². The lowest BCUT2D eigenvalue weighted by Crippen LogP contribution is -2.27. The minimum absolute atomic E-state index is 0.0215. The van der Waals surface area contributed by atoms with Gasteiger partial charge in [0.2, 0.25) is 0 Å². The van der Waals surface area contributed by atoms with Gasteiger partial charge in [-0.3, -0.25) is 10.1 Å². The first kappa shape index (κ1) is 13.8. The summed E-state index contributed by atoms with van der Waals surface area (Å²) in [6.45, 7) is 1.56. The minimum Gasteiger partial charge on any atom is -0.356 e. The highest BCUT2D eigenvalue weighted by atomic mass is 35.5. The van der Waals surface area contributed by atoms with Crippen molar-refractivity contribution in [3.63, 3.8) is 0 Å². The fraction of sp³-hybridized carbons (Fsp3) is 0.267. The molecule has 21 heavy (non-hydrogen) atoms. The second kappa shape index (κ2) is 5.69. The quantitative estimate of drug-likeness (QED) is 0.485. The summed E-state index contributed by atoms with van der Waals surface area (Å²) in [4.78, 5) is 16.8. The molecule has 6 heteroatoms. The SMILES string of the molecule is O=[N+]([O-])c1cc(Cl)nc(N2CCc3ccccc3CC2)c1. The molecule has 0 spiro atoms. The third-order valence-corrected chi connectivity index (χ3v) is 3.91. The van der Waals surface area contributed by atoms with Crippen LogP contribution < -0.4 is 4.90 Å². The molecule has 0 saturated heterocycles. The fourth-order valence-electron chi connectivity index (χ4n) is 2.63. The largest absolute Gasteiger partial charge is 0.356 e. The molecule has 0 N–H and O–H groups in total. The molecule has 0 unspecified atom stereocenters. The molecule has 0 fully saturated rings.